The summed E-state index contributed by atoms with van der Waals surface area (Å²) in [7, 11) is 0. The lowest BCUT2D eigenvalue weighted by Crippen LogP contribution is -1.85. The highest BCUT2D eigenvalue weighted by Gasteiger charge is 2.07. The standard InChI is InChI=1S/C8H7BrN2O/c1-4-11-6-3-2-5(10)7(9)8(6)12-4/h2-3H,10H2,1H3. The van der Waals surface area contributed by atoms with Crippen LogP contribution in [0.15, 0.2) is 21.0 Å². The van der Waals surface area contributed by atoms with Crippen LogP contribution < -0.4 is 5.73 Å². The van der Waals surface area contributed by atoms with Crippen LogP contribution in [-0.4, -0.2) is 4.98 Å². The van der Waals surface area contributed by atoms with Gasteiger partial charge < -0.3 is 10.2 Å². The maximum Gasteiger partial charge on any atom is 0.192 e. The molecule has 2 aromatic rings. The molecule has 2 rings (SSSR count). The minimum absolute atomic E-state index is 0.649. The Kier molecular flexibility index (Phi) is 1.58. The first-order valence-corrected chi connectivity index (χ1v) is 4.29. The molecule has 4 heteroatoms. The molecule has 0 saturated heterocycles. The molecule has 1 heterocycles. The van der Waals surface area contributed by atoms with Gasteiger partial charge in [-0.3, -0.25) is 0 Å². The summed E-state index contributed by atoms with van der Waals surface area (Å²) in [4.78, 5) is 4.16. The van der Waals surface area contributed by atoms with Gasteiger partial charge in [0.15, 0.2) is 11.5 Å². The van der Waals surface area contributed by atoms with Crippen LogP contribution in [0.1, 0.15) is 5.89 Å². The molecule has 0 unspecified atom stereocenters. The van der Waals surface area contributed by atoms with Crippen molar-refractivity contribution in [2.24, 2.45) is 0 Å². The van der Waals surface area contributed by atoms with Crippen molar-refractivity contribution in [2.75, 3.05) is 5.73 Å². The van der Waals surface area contributed by atoms with Crippen molar-refractivity contribution in [2.45, 2.75) is 6.92 Å². The second-order valence-electron chi connectivity index (χ2n) is 2.55. The van der Waals surface area contributed by atoms with Gasteiger partial charge in [-0.15, -0.1) is 0 Å². The quantitative estimate of drug-likeness (QED) is 0.703. The lowest BCUT2D eigenvalue weighted by atomic mass is 10.3. The van der Waals surface area contributed by atoms with Crippen LogP contribution >= 0.6 is 15.9 Å². The number of anilines is 1. The molecule has 2 N–H and O–H groups in total. The van der Waals surface area contributed by atoms with Gasteiger partial charge in [-0.25, -0.2) is 4.98 Å². The number of benzene rings is 1. The predicted octanol–water partition coefficient (Wildman–Crippen LogP) is 2.48. The molecule has 0 saturated carbocycles. The first-order valence-electron chi connectivity index (χ1n) is 3.49. The van der Waals surface area contributed by atoms with Crippen LogP contribution in [0.3, 0.4) is 0 Å². The van der Waals surface area contributed by atoms with E-state index < -0.39 is 0 Å². The number of rotatable bonds is 0. The Hall–Kier alpha value is -1.03. The Morgan fingerprint density at radius 2 is 2.25 bits per heavy atom. The summed E-state index contributed by atoms with van der Waals surface area (Å²) in [5, 5.41) is 0. The number of nitrogen functional groups attached to an aromatic ring is 1. The number of halogens is 1. The maximum atomic E-state index is 5.66. The Bertz CT molecular complexity index is 436. The Labute approximate surface area is 77.7 Å². The normalized spacial score (nSPS) is 10.8. The summed E-state index contributed by atoms with van der Waals surface area (Å²) in [6.45, 7) is 1.81. The molecule has 0 aliphatic heterocycles. The van der Waals surface area contributed by atoms with E-state index in [-0.39, 0.29) is 0 Å². The van der Waals surface area contributed by atoms with Gasteiger partial charge in [-0.05, 0) is 28.1 Å². The molecule has 62 valence electrons. The SMILES string of the molecule is Cc1nc2ccc(N)c(Br)c2o1. The third kappa shape index (κ3) is 0.992. The highest BCUT2D eigenvalue weighted by atomic mass is 79.9. The zero-order chi connectivity index (χ0) is 8.72. The molecule has 0 radical (unpaired) electrons. The number of oxazole rings is 1. The van der Waals surface area contributed by atoms with Gasteiger partial charge in [0.05, 0.1) is 4.47 Å². The lowest BCUT2D eigenvalue weighted by Gasteiger charge is -1.95. The fraction of sp³-hybridized carbons (Fsp3) is 0.125. The summed E-state index contributed by atoms with van der Waals surface area (Å²) in [6, 6.07) is 3.64. The summed E-state index contributed by atoms with van der Waals surface area (Å²) < 4.78 is 6.12. The minimum Gasteiger partial charge on any atom is -0.440 e. The Balaban J connectivity index is 2.89. The second-order valence-corrected chi connectivity index (χ2v) is 3.34. The highest BCUT2D eigenvalue weighted by Crippen LogP contribution is 2.29. The average molecular weight is 227 g/mol. The van der Waals surface area contributed by atoms with Crippen molar-refractivity contribution in [3.63, 3.8) is 0 Å². The van der Waals surface area contributed by atoms with Gasteiger partial charge in [0.2, 0.25) is 0 Å². The zero-order valence-electron chi connectivity index (χ0n) is 6.47. The van der Waals surface area contributed by atoms with Crippen LogP contribution in [0.25, 0.3) is 11.1 Å². The van der Waals surface area contributed by atoms with E-state index in [0.717, 1.165) is 9.99 Å². The maximum absolute atomic E-state index is 5.66. The number of nitrogens with zero attached hydrogens (tertiary/aromatic N) is 1. The van der Waals surface area contributed by atoms with Crippen molar-refractivity contribution < 1.29 is 4.42 Å². The van der Waals surface area contributed by atoms with Crippen LogP contribution in [0.2, 0.25) is 0 Å². The fourth-order valence-electron chi connectivity index (χ4n) is 1.09. The summed E-state index contributed by atoms with van der Waals surface area (Å²) in [5.74, 6) is 0.649. The Morgan fingerprint density at radius 1 is 1.50 bits per heavy atom. The Morgan fingerprint density at radius 3 is 3.00 bits per heavy atom. The number of aromatic nitrogens is 1. The van der Waals surface area contributed by atoms with Gasteiger partial charge in [-0.2, -0.15) is 0 Å². The van der Waals surface area contributed by atoms with Crippen molar-refractivity contribution in [1.82, 2.24) is 4.98 Å². The van der Waals surface area contributed by atoms with E-state index >= 15 is 0 Å². The van der Waals surface area contributed by atoms with E-state index in [0.29, 0.717) is 17.2 Å². The molecule has 0 aliphatic rings. The molecule has 12 heavy (non-hydrogen) atoms. The summed E-state index contributed by atoms with van der Waals surface area (Å²) >= 11 is 3.34. The predicted molar refractivity (Wildman–Crippen MR) is 50.9 cm³/mol. The van der Waals surface area contributed by atoms with E-state index in [4.69, 9.17) is 10.2 Å². The molecule has 0 aliphatic carbocycles. The molecule has 0 atom stereocenters. The largest absolute Gasteiger partial charge is 0.440 e. The molecular weight excluding hydrogens is 220 g/mol. The molecule has 0 bridgehead atoms. The molecule has 3 nitrogen and oxygen atoms in total. The number of fused-ring (bicyclic) bond motifs is 1. The monoisotopic (exact) mass is 226 g/mol. The van der Waals surface area contributed by atoms with E-state index in [2.05, 4.69) is 20.9 Å². The molecule has 0 fully saturated rings. The average Bonchev–Trinajstić information content (AvgIpc) is 2.39. The minimum atomic E-state index is 0.649. The van der Waals surface area contributed by atoms with Gasteiger partial charge in [0, 0.05) is 12.6 Å². The fourth-order valence-corrected chi connectivity index (χ4v) is 1.50. The van der Waals surface area contributed by atoms with Crippen LogP contribution in [0.4, 0.5) is 5.69 Å². The summed E-state index contributed by atoms with van der Waals surface area (Å²) in [5.41, 5.74) is 7.87. The van der Waals surface area contributed by atoms with E-state index in [1.807, 2.05) is 13.0 Å². The van der Waals surface area contributed by atoms with Gasteiger partial charge >= 0.3 is 0 Å². The van der Waals surface area contributed by atoms with Crippen LogP contribution in [0.5, 0.6) is 0 Å². The number of nitrogens with two attached hydrogens (primary N) is 1. The molecule has 0 spiro atoms. The van der Waals surface area contributed by atoms with Crippen molar-refractivity contribution in [1.29, 1.82) is 0 Å². The van der Waals surface area contributed by atoms with Crippen LogP contribution in [0, 0.1) is 6.92 Å². The number of hydrogen-bond acceptors (Lipinski definition) is 3. The van der Waals surface area contributed by atoms with Crippen molar-refractivity contribution in [3.05, 3.63) is 22.5 Å². The van der Waals surface area contributed by atoms with E-state index in [1.165, 1.54) is 0 Å². The first kappa shape index (κ1) is 7.61. The van der Waals surface area contributed by atoms with Crippen molar-refractivity contribution >= 4 is 32.7 Å². The second kappa shape index (κ2) is 2.48. The first-order chi connectivity index (χ1) is 5.68. The molecule has 1 aromatic carbocycles. The lowest BCUT2D eigenvalue weighted by molar-refractivity contribution is 0.560. The number of aryl methyl sites for hydroxylation is 1. The third-order valence-electron chi connectivity index (χ3n) is 1.63. The van der Waals surface area contributed by atoms with E-state index in [9.17, 15) is 0 Å². The van der Waals surface area contributed by atoms with Gasteiger partial charge in [0.1, 0.15) is 5.52 Å². The zero-order valence-corrected chi connectivity index (χ0v) is 8.05. The molecule has 1 aromatic heterocycles. The topological polar surface area (TPSA) is 52.0 Å². The summed E-state index contributed by atoms with van der Waals surface area (Å²) in [6.07, 6.45) is 0. The smallest absolute Gasteiger partial charge is 0.192 e. The molecule has 0 amide bonds. The van der Waals surface area contributed by atoms with Crippen LogP contribution in [-0.2, 0) is 0 Å². The highest BCUT2D eigenvalue weighted by molar-refractivity contribution is 9.10. The van der Waals surface area contributed by atoms with Gasteiger partial charge in [-0.1, -0.05) is 0 Å². The van der Waals surface area contributed by atoms with Crippen molar-refractivity contribution in [3.8, 4) is 0 Å². The third-order valence-corrected chi connectivity index (χ3v) is 2.45. The number of hydrogen-bond donors (Lipinski definition) is 1. The van der Waals surface area contributed by atoms with Gasteiger partial charge in [0.25, 0.3) is 0 Å². The van der Waals surface area contributed by atoms with E-state index in [1.54, 1.807) is 6.07 Å². The molecular formula is C8H7BrN2O.